The lowest BCUT2D eigenvalue weighted by molar-refractivity contribution is -0.156. The average Bonchev–Trinajstić information content (AvgIpc) is 3.02. The Morgan fingerprint density at radius 2 is 2.09 bits per heavy atom. The predicted octanol–water partition coefficient (Wildman–Crippen LogP) is 2.29. The summed E-state index contributed by atoms with van der Waals surface area (Å²) in [6.07, 6.45) is 4.36. The van der Waals surface area contributed by atoms with E-state index < -0.39 is 12.1 Å². The van der Waals surface area contributed by atoms with E-state index in [2.05, 4.69) is 11.0 Å². The molecule has 1 saturated heterocycles. The number of nitrogens with zero attached hydrogens (tertiary/aromatic N) is 1. The van der Waals surface area contributed by atoms with Gasteiger partial charge in [-0.1, -0.05) is 18.2 Å². The Morgan fingerprint density at radius 3 is 2.86 bits per heavy atom. The Bertz CT molecular complexity index is 513. The second kappa shape index (κ2) is 7.11. The quantitative estimate of drug-likeness (QED) is 0.904. The number of carboxylic acid groups (broad SMARTS) is 1. The van der Waals surface area contributed by atoms with Gasteiger partial charge in [0.15, 0.2) is 6.10 Å². The lowest BCUT2D eigenvalue weighted by Gasteiger charge is -2.31. The number of carboxylic acids is 1. The molecular weight excluding hydrogens is 282 g/mol. The second-order valence-electron chi connectivity index (χ2n) is 6.06. The normalized spacial score (nSPS) is 23.5. The zero-order chi connectivity index (χ0) is 15.4. The molecule has 0 bridgehead atoms. The van der Waals surface area contributed by atoms with Crippen LogP contribution in [0.3, 0.4) is 0 Å². The lowest BCUT2D eigenvalue weighted by atomic mass is 10.1. The minimum Gasteiger partial charge on any atom is -0.490 e. The molecule has 2 fully saturated rings. The molecule has 3 rings (SSSR count). The molecule has 1 aliphatic carbocycles. The lowest BCUT2D eigenvalue weighted by Crippen LogP contribution is -2.45. The van der Waals surface area contributed by atoms with Gasteiger partial charge in [0.1, 0.15) is 5.75 Å². The van der Waals surface area contributed by atoms with Gasteiger partial charge in [0.05, 0.1) is 12.7 Å². The molecule has 1 aliphatic heterocycles. The van der Waals surface area contributed by atoms with Crippen LogP contribution in [0.1, 0.15) is 31.2 Å². The molecule has 0 aromatic heterocycles. The zero-order valence-corrected chi connectivity index (χ0v) is 12.7. The van der Waals surface area contributed by atoms with Crippen LogP contribution in [-0.4, -0.2) is 47.9 Å². The monoisotopic (exact) mass is 305 g/mol. The van der Waals surface area contributed by atoms with Gasteiger partial charge in [0, 0.05) is 25.2 Å². The highest BCUT2D eigenvalue weighted by Crippen LogP contribution is 2.27. The summed E-state index contributed by atoms with van der Waals surface area (Å²) in [5, 5.41) is 9.09. The molecule has 1 atom stereocenters. The summed E-state index contributed by atoms with van der Waals surface area (Å²) >= 11 is 0. The summed E-state index contributed by atoms with van der Waals surface area (Å²) in [6, 6.07) is 8.08. The van der Waals surface area contributed by atoms with Crippen LogP contribution in [0.15, 0.2) is 24.3 Å². The first-order valence-electron chi connectivity index (χ1n) is 8.03. The fraction of sp³-hybridized carbons (Fsp3) is 0.588. The minimum absolute atomic E-state index is 0.331. The fourth-order valence-electron chi connectivity index (χ4n) is 3.17. The number of carbonyl (C=O) groups is 1. The molecule has 1 N–H and O–H groups in total. The van der Waals surface area contributed by atoms with E-state index in [4.69, 9.17) is 14.6 Å². The fourth-order valence-corrected chi connectivity index (χ4v) is 3.17. The first-order valence-corrected chi connectivity index (χ1v) is 8.03. The van der Waals surface area contributed by atoms with Crippen molar-refractivity contribution in [3.05, 3.63) is 29.8 Å². The third-order valence-corrected chi connectivity index (χ3v) is 4.39. The number of hydrogen-bond donors (Lipinski definition) is 1. The predicted molar refractivity (Wildman–Crippen MR) is 82.0 cm³/mol. The van der Waals surface area contributed by atoms with Crippen molar-refractivity contribution < 1.29 is 19.4 Å². The van der Waals surface area contributed by atoms with Gasteiger partial charge in [-0.15, -0.1) is 0 Å². The van der Waals surface area contributed by atoms with Crippen LogP contribution in [0, 0.1) is 0 Å². The van der Waals surface area contributed by atoms with Crippen molar-refractivity contribution in [3.63, 3.8) is 0 Å². The number of morpholine rings is 1. The Balaban J connectivity index is 1.65. The molecule has 1 aromatic carbocycles. The van der Waals surface area contributed by atoms with Crippen LogP contribution in [-0.2, 0) is 16.1 Å². The van der Waals surface area contributed by atoms with Crippen LogP contribution in [0.2, 0.25) is 0 Å². The van der Waals surface area contributed by atoms with Crippen molar-refractivity contribution in [1.29, 1.82) is 0 Å². The van der Waals surface area contributed by atoms with Gasteiger partial charge in [0.25, 0.3) is 0 Å². The molecule has 5 heteroatoms. The highest BCUT2D eigenvalue weighted by atomic mass is 16.5. The molecule has 1 saturated carbocycles. The maximum atomic E-state index is 11.1. The molecule has 22 heavy (non-hydrogen) atoms. The highest BCUT2D eigenvalue weighted by molar-refractivity contribution is 5.72. The number of rotatable bonds is 5. The van der Waals surface area contributed by atoms with Gasteiger partial charge in [-0.05, 0) is 31.7 Å². The van der Waals surface area contributed by atoms with Crippen molar-refractivity contribution in [2.45, 2.75) is 44.4 Å². The van der Waals surface area contributed by atoms with Crippen LogP contribution in [0.4, 0.5) is 0 Å². The van der Waals surface area contributed by atoms with Crippen molar-refractivity contribution in [1.82, 2.24) is 4.90 Å². The van der Waals surface area contributed by atoms with Gasteiger partial charge in [-0.25, -0.2) is 4.79 Å². The Hall–Kier alpha value is -1.59. The van der Waals surface area contributed by atoms with E-state index in [0.717, 1.165) is 30.7 Å². The van der Waals surface area contributed by atoms with Gasteiger partial charge in [-0.2, -0.15) is 0 Å². The topological polar surface area (TPSA) is 59.0 Å². The SMILES string of the molecule is O=C(O)C1CN(Cc2ccccc2OC2CCCC2)CCO1. The second-order valence-corrected chi connectivity index (χ2v) is 6.06. The summed E-state index contributed by atoms with van der Waals surface area (Å²) in [4.78, 5) is 13.2. The molecule has 0 radical (unpaired) electrons. The molecule has 0 amide bonds. The Morgan fingerprint density at radius 1 is 1.32 bits per heavy atom. The Kier molecular flexibility index (Phi) is 4.95. The summed E-state index contributed by atoms with van der Waals surface area (Å²) in [6.45, 7) is 2.34. The summed E-state index contributed by atoms with van der Waals surface area (Å²) < 4.78 is 11.4. The van der Waals surface area contributed by atoms with E-state index in [1.54, 1.807) is 0 Å². The summed E-state index contributed by atoms with van der Waals surface area (Å²) in [5.41, 5.74) is 1.13. The maximum absolute atomic E-state index is 11.1. The van der Waals surface area contributed by atoms with Gasteiger partial charge in [-0.3, -0.25) is 4.90 Å². The first-order chi connectivity index (χ1) is 10.7. The molecule has 1 aromatic rings. The van der Waals surface area contributed by atoms with E-state index in [1.807, 2.05) is 18.2 Å². The number of benzene rings is 1. The minimum atomic E-state index is -0.889. The molecule has 1 unspecified atom stereocenters. The third-order valence-electron chi connectivity index (χ3n) is 4.39. The van der Waals surface area contributed by atoms with Crippen molar-refractivity contribution in [2.75, 3.05) is 19.7 Å². The molecule has 1 heterocycles. The molecule has 120 valence electrons. The highest BCUT2D eigenvalue weighted by Gasteiger charge is 2.27. The van der Waals surface area contributed by atoms with E-state index in [0.29, 0.717) is 25.8 Å². The van der Waals surface area contributed by atoms with E-state index in [9.17, 15) is 4.79 Å². The molecule has 0 spiro atoms. The van der Waals surface area contributed by atoms with Crippen molar-refractivity contribution >= 4 is 5.97 Å². The van der Waals surface area contributed by atoms with Gasteiger partial charge >= 0.3 is 5.97 Å². The van der Waals surface area contributed by atoms with E-state index in [-0.39, 0.29) is 0 Å². The summed E-state index contributed by atoms with van der Waals surface area (Å²) in [5.74, 6) is 0.0490. The van der Waals surface area contributed by atoms with Crippen LogP contribution < -0.4 is 4.74 Å². The number of aliphatic carboxylic acids is 1. The first kappa shape index (κ1) is 15.3. The number of ether oxygens (including phenoxy) is 2. The van der Waals surface area contributed by atoms with Crippen molar-refractivity contribution in [3.8, 4) is 5.75 Å². The molecule has 5 nitrogen and oxygen atoms in total. The van der Waals surface area contributed by atoms with E-state index >= 15 is 0 Å². The zero-order valence-electron chi connectivity index (χ0n) is 12.7. The van der Waals surface area contributed by atoms with Crippen LogP contribution in [0.5, 0.6) is 5.75 Å². The number of hydrogen-bond acceptors (Lipinski definition) is 4. The Labute approximate surface area is 130 Å². The standard InChI is InChI=1S/C17H23NO4/c19-17(20)16-12-18(9-10-21-16)11-13-5-1-4-8-15(13)22-14-6-2-3-7-14/h1,4-5,8,14,16H,2-3,6-7,9-12H2,(H,19,20). The van der Waals surface area contributed by atoms with Crippen LogP contribution in [0.25, 0.3) is 0 Å². The van der Waals surface area contributed by atoms with Crippen molar-refractivity contribution in [2.24, 2.45) is 0 Å². The van der Waals surface area contributed by atoms with E-state index in [1.165, 1.54) is 12.8 Å². The maximum Gasteiger partial charge on any atom is 0.334 e. The smallest absolute Gasteiger partial charge is 0.334 e. The largest absolute Gasteiger partial charge is 0.490 e. The molecule has 2 aliphatic rings. The summed E-state index contributed by atoms with van der Waals surface area (Å²) in [7, 11) is 0. The molecular formula is C17H23NO4. The van der Waals surface area contributed by atoms with Crippen LogP contribution >= 0.6 is 0 Å². The van der Waals surface area contributed by atoms with Gasteiger partial charge in [0.2, 0.25) is 0 Å². The number of para-hydroxylation sites is 1. The third kappa shape index (κ3) is 3.78. The van der Waals surface area contributed by atoms with Gasteiger partial charge < -0.3 is 14.6 Å². The average molecular weight is 305 g/mol.